The number of fused-ring (bicyclic) bond motifs is 8. The molecular weight excluding hydrogens is 522 g/mol. The maximum absolute atomic E-state index is 6.31. The Bertz CT molecular complexity index is 2410. The molecule has 0 saturated heterocycles. The van der Waals surface area contributed by atoms with Gasteiger partial charge in [0.05, 0.1) is 26.8 Å². The van der Waals surface area contributed by atoms with E-state index in [-0.39, 0.29) is 0 Å². The van der Waals surface area contributed by atoms with Crippen molar-refractivity contribution >= 4 is 64.6 Å². The van der Waals surface area contributed by atoms with E-state index in [2.05, 4.69) is 108 Å². The van der Waals surface area contributed by atoms with Crippen LogP contribution >= 0.6 is 11.3 Å². The third-order valence-electron chi connectivity index (χ3n) is 7.84. The Morgan fingerprint density at radius 1 is 0.585 bits per heavy atom. The van der Waals surface area contributed by atoms with E-state index in [4.69, 9.17) is 14.4 Å². The molecule has 0 bridgehead atoms. The van der Waals surface area contributed by atoms with Crippen molar-refractivity contribution in [2.45, 2.75) is 0 Å². The number of nitrogens with zero attached hydrogens (tertiary/aromatic N) is 3. The van der Waals surface area contributed by atoms with E-state index in [1.807, 2.05) is 24.3 Å². The van der Waals surface area contributed by atoms with Crippen LogP contribution < -0.4 is 0 Å². The highest BCUT2D eigenvalue weighted by molar-refractivity contribution is 7.26. The fourth-order valence-electron chi connectivity index (χ4n) is 6.00. The van der Waals surface area contributed by atoms with Crippen LogP contribution in [0.4, 0.5) is 0 Å². The van der Waals surface area contributed by atoms with Gasteiger partial charge in [-0.15, -0.1) is 11.3 Å². The molecule has 0 amide bonds. The first-order valence-electron chi connectivity index (χ1n) is 13.6. The zero-order valence-corrected chi connectivity index (χ0v) is 22.6. The third kappa shape index (κ3) is 3.33. The molecule has 0 aliphatic heterocycles. The summed E-state index contributed by atoms with van der Waals surface area (Å²) in [5.74, 6) is 0.914. The molecule has 192 valence electrons. The molecule has 5 aromatic carbocycles. The van der Waals surface area contributed by atoms with Crippen molar-refractivity contribution in [2.75, 3.05) is 0 Å². The average Bonchev–Trinajstić information content (AvgIpc) is 3.72. The van der Waals surface area contributed by atoms with Crippen LogP contribution in [0.5, 0.6) is 0 Å². The molecule has 0 aliphatic rings. The highest BCUT2D eigenvalue weighted by Gasteiger charge is 2.21. The van der Waals surface area contributed by atoms with Crippen molar-refractivity contribution in [3.63, 3.8) is 0 Å². The van der Waals surface area contributed by atoms with Gasteiger partial charge in [0.1, 0.15) is 11.4 Å². The minimum absolute atomic E-state index is 0.673. The Morgan fingerprint density at radius 2 is 1.29 bits per heavy atom. The SMILES string of the molecule is c1ccc(-n2c(-c3ccc(-c4nc5oc6ccccc6c5c5c4sc4ccccc45)cc3)nc3ccccc32)cc1. The fourth-order valence-corrected chi connectivity index (χ4v) is 7.22. The van der Waals surface area contributed by atoms with E-state index < -0.39 is 0 Å². The minimum atomic E-state index is 0.673. The van der Waals surface area contributed by atoms with E-state index in [1.165, 1.54) is 20.2 Å². The standard InChI is InChI=1S/C36H21N3OS/c1-2-10-24(11-3-1)39-28-15-7-6-14-27(28)37-35(39)23-20-18-22(19-21-23)33-34-31(26-13-5-9-17-30(26)41-34)32-25-12-4-8-16-29(25)40-36(32)38-33/h1-21H. The minimum Gasteiger partial charge on any atom is -0.438 e. The molecule has 0 N–H and O–H groups in total. The lowest BCUT2D eigenvalue weighted by Gasteiger charge is -2.10. The van der Waals surface area contributed by atoms with Crippen LogP contribution in [-0.2, 0) is 0 Å². The van der Waals surface area contributed by atoms with Crippen LogP contribution in [0.3, 0.4) is 0 Å². The summed E-state index contributed by atoms with van der Waals surface area (Å²) in [5, 5.41) is 4.64. The molecule has 4 aromatic heterocycles. The maximum atomic E-state index is 6.31. The first-order chi connectivity index (χ1) is 20.3. The van der Waals surface area contributed by atoms with Crippen LogP contribution in [-0.4, -0.2) is 14.5 Å². The van der Waals surface area contributed by atoms with Gasteiger partial charge in [0.25, 0.3) is 0 Å². The Balaban J connectivity index is 1.27. The first-order valence-corrected chi connectivity index (χ1v) is 14.4. The van der Waals surface area contributed by atoms with Gasteiger partial charge in [0, 0.05) is 37.7 Å². The third-order valence-corrected chi connectivity index (χ3v) is 9.02. The monoisotopic (exact) mass is 543 g/mol. The second-order valence-corrected chi connectivity index (χ2v) is 11.3. The molecule has 0 atom stereocenters. The molecule has 9 rings (SSSR count). The second-order valence-electron chi connectivity index (χ2n) is 10.2. The second kappa shape index (κ2) is 8.62. The molecule has 0 aliphatic carbocycles. The Hall–Kier alpha value is -5.26. The van der Waals surface area contributed by atoms with Gasteiger partial charge < -0.3 is 4.42 Å². The molecule has 4 heterocycles. The topological polar surface area (TPSA) is 43.9 Å². The van der Waals surface area contributed by atoms with E-state index >= 15 is 0 Å². The summed E-state index contributed by atoms with van der Waals surface area (Å²) >= 11 is 1.79. The van der Waals surface area contributed by atoms with E-state index in [1.54, 1.807) is 11.3 Å². The molecule has 0 spiro atoms. The largest absolute Gasteiger partial charge is 0.438 e. The van der Waals surface area contributed by atoms with Gasteiger partial charge in [-0.05, 0) is 36.4 Å². The van der Waals surface area contributed by atoms with Crippen molar-refractivity contribution in [1.29, 1.82) is 0 Å². The lowest BCUT2D eigenvalue weighted by atomic mass is 10.0. The van der Waals surface area contributed by atoms with Crippen LogP contribution in [0.1, 0.15) is 0 Å². The highest BCUT2D eigenvalue weighted by Crippen LogP contribution is 2.45. The molecule has 0 radical (unpaired) electrons. The van der Waals surface area contributed by atoms with E-state index in [0.29, 0.717) is 5.71 Å². The number of pyridine rings is 1. The zero-order chi connectivity index (χ0) is 26.9. The summed E-state index contributed by atoms with van der Waals surface area (Å²) in [6.45, 7) is 0. The predicted octanol–water partition coefficient (Wildman–Crippen LogP) is 10.0. The van der Waals surface area contributed by atoms with Crippen molar-refractivity contribution < 1.29 is 4.42 Å². The number of furan rings is 1. The number of hydrogen-bond acceptors (Lipinski definition) is 4. The van der Waals surface area contributed by atoms with Crippen LogP contribution in [0.25, 0.3) is 81.6 Å². The number of thiophene rings is 1. The number of para-hydroxylation sites is 4. The normalized spacial score (nSPS) is 11.9. The van der Waals surface area contributed by atoms with Gasteiger partial charge in [-0.2, -0.15) is 0 Å². The number of rotatable bonds is 3. The van der Waals surface area contributed by atoms with Gasteiger partial charge in [0.2, 0.25) is 5.71 Å². The number of benzene rings is 5. The van der Waals surface area contributed by atoms with Gasteiger partial charge in [-0.25, -0.2) is 9.97 Å². The van der Waals surface area contributed by atoms with Gasteiger partial charge in [0.15, 0.2) is 0 Å². The first kappa shape index (κ1) is 22.5. The summed E-state index contributed by atoms with van der Waals surface area (Å²) in [5.41, 5.74) is 7.72. The number of hydrogen-bond donors (Lipinski definition) is 0. The smallest absolute Gasteiger partial charge is 0.228 e. The summed E-state index contributed by atoms with van der Waals surface area (Å²) < 4.78 is 11.0. The molecule has 5 heteroatoms. The van der Waals surface area contributed by atoms with Crippen molar-refractivity contribution in [1.82, 2.24) is 14.5 Å². The summed E-state index contributed by atoms with van der Waals surface area (Å²) in [6.07, 6.45) is 0. The van der Waals surface area contributed by atoms with Crippen LogP contribution in [0.2, 0.25) is 0 Å². The lowest BCUT2D eigenvalue weighted by molar-refractivity contribution is 0.655. The average molecular weight is 544 g/mol. The van der Waals surface area contributed by atoms with Crippen LogP contribution in [0.15, 0.2) is 132 Å². The van der Waals surface area contributed by atoms with Crippen LogP contribution in [0, 0.1) is 0 Å². The Kier molecular flexibility index (Phi) is 4.74. The Morgan fingerprint density at radius 3 is 2.17 bits per heavy atom. The molecular formula is C36H21N3OS. The molecule has 41 heavy (non-hydrogen) atoms. The van der Waals surface area contributed by atoms with Crippen molar-refractivity contribution in [3.05, 3.63) is 127 Å². The highest BCUT2D eigenvalue weighted by atomic mass is 32.1. The molecule has 9 aromatic rings. The zero-order valence-electron chi connectivity index (χ0n) is 21.8. The van der Waals surface area contributed by atoms with E-state index in [9.17, 15) is 0 Å². The molecule has 0 fully saturated rings. The molecule has 0 unspecified atom stereocenters. The van der Waals surface area contributed by atoms with Gasteiger partial charge >= 0.3 is 0 Å². The summed E-state index contributed by atoms with van der Waals surface area (Å²) in [6, 6.07) is 44.1. The maximum Gasteiger partial charge on any atom is 0.228 e. The number of imidazole rings is 1. The van der Waals surface area contributed by atoms with Crippen molar-refractivity contribution in [3.8, 4) is 28.3 Å². The molecule has 4 nitrogen and oxygen atoms in total. The molecule has 0 saturated carbocycles. The quantitative estimate of drug-likeness (QED) is 0.223. The fraction of sp³-hybridized carbons (Fsp3) is 0. The number of aromatic nitrogens is 3. The van der Waals surface area contributed by atoms with Gasteiger partial charge in [-0.3, -0.25) is 4.57 Å². The van der Waals surface area contributed by atoms with Gasteiger partial charge in [-0.1, -0.05) is 91.0 Å². The van der Waals surface area contributed by atoms with E-state index in [0.717, 1.165) is 55.7 Å². The van der Waals surface area contributed by atoms with Crippen molar-refractivity contribution in [2.24, 2.45) is 0 Å². The summed E-state index contributed by atoms with van der Waals surface area (Å²) in [4.78, 5) is 10.2. The Labute approximate surface area is 238 Å². The lowest BCUT2D eigenvalue weighted by Crippen LogP contribution is -1.97. The summed E-state index contributed by atoms with van der Waals surface area (Å²) in [7, 11) is 0. The predicted molar refractivity (Wildman–Crippen MR) is 170 cm³/mol.